The van der Waals surface area contributed by atoms with Crippen molar-refractivity contribution in [3.8, 4) is 39.4 Å². The van der Waals surface area contributed by atoms with Crippen LogP contribution >= 0.6 is 0 Å². The topological polar surface area (TPSA) is 47.9 Å². The minimum absolute atomic E-state index is 0.839. The molecule has 0 saturated carbocycles. The molecule has 0 bridgehead atoms. The summed E-state index contributed by atoms with van der Waals surface area (Å²) in [6.07, 6.45) is 7.12. The van der Waals surface area contributed by atoms with Crippen molar-refractivity contribution in [3.05, 3.63) is 85.5 Å². The third kappa shape index (κ3) is 3.30. The number of hydrogen-bond donors (Lipinski definition) is 0. The number of aromatic nitrogens is 3. The van der Waals surface area contributed by atoms with Crippen LogP contribution in [0.3, 0.4) is 0 Å². The molecule has 1 aromatic carbocycles. The van der Waals surface area contributed by atoms with Gasteiger partial charge in [0.1, 0.15) is 5.75 Å². The Hall–Kier alpha value is -3.53. The highest BCUT2D eigenvalue weighted by atomic mass is 16.5. The Balaban J connectivity index is 1.87. The van der Waals surface area contributed by atoms with E-state index in [9.17, 15) is 0 Å². The maximum Gasteiger partial charge on any atom is 0.118 e. The second-order valence-electron chi connectivity index (χ2n) is 5.83. The number of nitrogens with zero attached hydrogens (tertiary/aromatic N) is 3. The number of pyridine rings is 3. The van der Waals surface area contributed by atoms with E-state index in [0.29, 0.717) is 0 Å². The normalized spacial score (nSPS) is 10.5. The molecule has 0 aliphatic heterocycles. The maximum atomic E-state index is 5.26. The van der Waals surface area contributed by atoms with Gasteiger partial charge in [-0.15, -0.1) is 0 Å². The average Bonchev–Trinajstić information content (AvgIpc) is 2.75. The SMILES string of the molecule is COc1ccc(-c2cc(-c3ccncc3)nc(-c3ccncc3)c2)cc1. The third-order valence-corrected chi connectivity index (χ3v) is 4.20. The molecule has 4 heteroatoms. The number of hydrogen-bond acceptors (Lipinski definition) is 4. The number of methoxy groups -OCH3 is 1. The largest absolute Gasteiger partial charge is 0.497 e. The van der Waals surface area contributed by atoms with Gasteiger partial charge in [-0.2, -0.15) is 0 Å². The van der Waals surface area contributed by atoms with Crippen LogP contribution in [-0.2, 0) is 0 Å². The van der Waals surface area contributed by atoms with Crippen LogP contribution in [0.15, 0.2) is 85.5 Å². The van der Waals surface area contributed by atoms with E-state index in [-0.39, 0.29) is 0 Å². The molecule has 26 heavy (non-hydrogen) atoms. The van der Waals surface area contributed by atoms with Crippen molar-refractivity contribution < 1.29 is 4.74 Å². The van der Waals surface area contributed by atoms with Gasteiger partial charge in [0.15, 0.2) is 0 Å². The molecule has 0 atom stereocenters. The zero-order chi connectivity index (χ0) is 17.8. The Labute approximate surface area is 152 Å². The summed E-state index contributed by atoms with van der Waals surface area (Å²) < 4.78 is 5.26. The summed E-state index contributed by atoms with van der Waals surface area (Å²) in [7, 11) is 1.67. The quantitative estimate of drug-likeness (QED) is 0.531. The molecule has 0 aliphatic carbocycles. The fourth-order valence-corrected chi connectivity index (χ4v) is 2.82. The van der Waals surface area contributed by atoms with Crippen LogP contribution < -0.4 is 4.74 Å². The Bertz CT molecular complexity index is 943. The van der Waals surface area contributed by atoms with Crippen molar-refractivity contribution in [1.29, 1.82) is 0 Å². The van der Waals surface area contributed by atoms with Gasteiger partial charge in [-0.3, -0.25) is 9.97 Å². The fourth-order valence-electron chi connectivity index (χ4n) is 2.82. The Kier molecular flexibility index (Phi) is 4.39. The number of rotatable bonds is 4. The number of ether oxygens (including phenoxy) is 1. The van der Waals surface area contributed by atoms with E-state index in [0.717, 1.165) is 39.4 Å². The summed E-state index contributed by atoms with van der Waals surface area (Å²) in [4.78, 5) is 13.1. The summed E-state index contributed by atoms with van der Waals surface area (Å²) in [5.41, 5.74) is 6.09. The van der Waals surface area contributed by atoms with Crippen LogP contribution in [0.5, 0.6) is 5.75 Å². The van der Waals surface area contributed by atoms with E-state index in [1.807, 2.05) is 36.4 Å². The van der Waals surface area contributed by atoms with Crippen LogP contribution in [0.2, 0.25) is 0 Å². The van der Waals surface area contributed by atoms with Crippen LogP contribution in [0.25, 0.3) is 33.6 Å². The molecule has 0 saturated heterocycles. The summed E-state index contributed by atoms with van der Waals surface area (Å²) in [5.74, 6) is 0.839. The molecule has 4 aromatic rings. The van der Waals surface area contributed by atoms with Gasteiger partial charge in [0.25, 0.3) is 0 Å². The molecule has 0 aliphatic rings. The predicted molar refractivity (Wildman–Crippen MR) is 103 cm³/mol. The molecule has 3 aromatic heterocycles. The van der Waals surface area contributed by atoms with Gasteiger partial charge in [0.05, 0.1) is 18.5 Å². The van der Waals surface area contributed by atoms with Crippen molar-refractivity contribution in [1.82, 2.24) is 15.0 Å². The van der Waals surface area contributed by atoms with Crippen LogP contribution in [0, 0.1) is 0 Å². The summed E-state index contributed by atoms with van der Waals surface area (Å²) in [5, 5.41) is 0. The van der Waals surface area contributed by atoms with Crippen LogP contribution in [0.1, 0.15) is 0 Å². The van der Waals surface area contributed by atoms with E-state index in [1.54, 1.807) is 31.9 Å². The van der Waals surface area contributed by atoms with Gasteiger partial charge in [-0.25, -0.2) is 4.98 Å². The fraction of sp³-hybridized carbons (Fsp3) is 0.0455. The summed E-state index contributed by atoms with van der Waals surface area (Å²) >= 11 is 0. The molecule has 126 valence electrons. The standard InChI is InChI=1S/C22H17N3O/c1-26-20-4-2-16(3-5-20)19-14-21(17-6-10-23-11-7-17)25-22(15-19)18-8-12-24-13-9-18/h2-15H,1H3. The smallest absolute Gasteiger partial charge is 0.118 e. The Morgan fingerprint density at radius 3 is 1.54 bits per heavy atom. The lowest BCUT2D eigenvalue weighted by Gasteiger charge is -2.10. The van der Waals surface area contributed by atoms with Crippen molar-refractivity contribution in [2.24, 2.45) is 0 Å². The van der Waals surface area contributed by atoms with Gasteiger partial charge in [-0.05, 0) is 59.7 Å². The Morgan fingerprint density at radius 1 is 0.577 bits per heavy atom. The second kappa shape index (κ2) is 7.15. The molecule has 4 nitrogen and oxygen atoms in total. The van der Waals surface area contributed by atoms with Crippen molar-refractivity contribution >= 4 is 0 Å². The first-order valence-corrected chi connectivity index (χ1v) is 8.31. The molecule has 0 radical (unpaired) electrons. The van der Waals surface area contributed by atoms with Gasteiger partial charge in [-0.1, -0.05) is 12.1 Å². The lowest BCUT2D eigenvalue weighted by Crippen LogP contribution is -1.91. The highest BCUT2D eigenvalue weighted by Crippen LogP contribution is 2.30. The summed E-state index contributed by atoms with van der Waals surface area (Å²) in [6, 6.07) is 20.1. The van der Waals surface area contributed by atoms with Crippen molar-refractivity contribution in [3.63, 3.8) is 0 Å². The average molecular weight is 339 g/mol. The minimum atomic E-state index is 0.839. The first-order chi connectivity index (χ1) is 12.8. The van der Waals surface area contributed by atoms with Gasteiger partial charge < -0.3 is 4.74 Å². The van der Waals surface area contributed by atoms with Gasteiger partial charge in [0.2, 0.25) is 0 Å². The van der Waals surface area contributed by atoms with E-state index in [2.05, 4.69) is 34.2 Å². The van der Waals surface area contributed by atoms with Crippen LogP contribution in [-0.4, -0.2) is 22.1 Å². The van der Waals surface area contributed by atoms with E-state index in [1.165, 1.54) is 0 Å². The monoisotopic (exact) mass is 339 g/mol. The molecular weight excluding hydrogens is 322 g/mol. The number of benzene rings is 1. The minimum Gasteiger partial charge on any atom is -0.497 e. The zero-order valence-electron chi connectivity index (χ0n) is 14.3. The van der Waals surface area contributed by atoms with Gasteiger partial charge in [0, 0.05) is 35.9 Å². The first-order valence-electron chi connectivity index (χ1n) is 8.31. The summed E-state index contributed by atoms with van der Waals surface area (Å²) in [6.45, 7) is 0. The lowest BCUT2D eigenvalue weighted by atomic mass is 10.0. The van der Waals surface area contributed by atoms with E-state index >= 15 is 0 Å². The van der Waals surface area contributed by atoms with Crippen LogP contribution in [0.4, 0.5) is 0 Å². The molecule has 4 rings (SSSR count). The zero-order valence-corrected chi connectivity index (χ0v) is 14.3. The predicted octanol–water partition coefficient (Wildman–Crippen LogP) is 4.88. The highest BCUT2D eigenvalue weighted by Gasteiger charge is 2.09. The van der Waals surface area contributed by atoms with Gasteiger partial charge >= 0.3 is 0 Å². The van der Waals surface area contributed by atoms with Crippen molar-refractivity contribution in [2.75, 3.05) is 7.11 Å². The Morgan fingerprint density at radius 2 is 1.08 bits per heavy atom. The first kappa shape index (κ1) is 16.0. The molecule has 0 unspecified atom stereocenters. The molecule has 0 amide bonds. The highest BCUT2D eigenvalue weighted by molar-refractivity contribution is 5.76. The molecule has 3 heterocycles. The third-order valence-electron chi connectivity index (χ3n) is 4.20. The second-order valence-corrected chi connectivity index (χ2v) is 5.83. The molecule has 0 fully saturated rings. The molecule has 0 spiro atoms. The maximum absolute atomic E-state index is 5.26. The van der Waals surface area contributed by atoms with E-state index < -0.39 is 0 Å². The van der Waals surface area contributed by atoms with E-state index in [4.69, 9.17) is 9.72 Å². The molecule has 0 N–H and O–H groups in total. The van der Waals surface area contributed by atoms with Crippen molar-refractivity contribution in [2.45, 2.75) is 0 Å². The lowest BCUT2D eigenvalue weighted by molar-refractivity contribution is 0.415. The molecular formula is C22H17N3O.